The maximum Gasteiger partial charge on any atom is 0.155 e. The standard InChI is InChI=1S/C12H10ClFN2O/c1-2-11-10(7-17)12(13)16(15-11)9-5-3-8(14)4-6-9/h3-7H,2H2,1H3. The van der Waals surface area contributed by atoms with Crippen molar-refractivity contribution >= 4 is 17.9 Å². The molecule has 0 unspecified atom stereocenters. The Morgan fingerprint density at radius 3 is 2.53 bits per heavy atom. The first kappa shape index (κ1) is 11.8. The molecule has 0 aliphatic rings. The molecule has 1 aromatic heterocycles. The van der Waals surface area contributed by atoms with Gasteiger partial charge in [-0.3, -0.25) is 4.79 Å². The largest absolute Gasteiger partial charge is 0.298 e. The smallest absolute Gasteiger partial charge is 0.155 e. The molecule has 88 valence electrons. The van der Waals surface area contributed by atoms with Crippen LogP contribution in [0.1, 0.15) is 23.0 Å². The van der Waals surface area contributed by atoms with Crippen molar-refractivity contribution in [2.24, 2.45) is 0 Å². The Kier molecular flexibility index (Phi) is 3.24. The quantitative estimate of drug-likeness (QED) is 0.787. The summed E-state index contributed by atoms with van der Waals surface area (Å²) in [6.07, 6.45) is 1.30. The summed E-state index contributed by atoms with van der Waals surface area (Å²) in [4.78, 5) is 10.9. The minimum absolute atomic E-state index is 0.253. The van der Waals surface area contributed by atoms with Crippen molar-refractivity contribution in [1.82, 2.24) is 9.78 Å². The van der Waals surface area contributed by atoms with Gasteiger partial charge in [0.05, 0.1) is 16.9 Å². The molecule has 0 saturated carbocycles. The van der Waals surface area contributed by atoms with E-state index in [-0.39, 0.29) is 11.0 Å². The van der Waals surface area contributed by atoms with E-state index >= 15 is 0 Å². The number of carbonyl (C=O) groups excluding carboxylic acids is 1. The van der Waals surface area contributed by atoms with Gasteiger partial charge in [-0.2, -0.15) is 5.10 Å². The second-order valence-electron chi connectivity index (χ2n) is 3.51. The highest BCUT2D eigenvalue weighted by Gasteiger charge is 2.15. The zero-order valence-corrected chi connectivity index (χ0v) is 9.91. The Labute approximate surface area is 103 Å². The lowest BCUT2D eigenvalue weighted by molar-refractivity contribution is 0.112. The van der Waals surface area contributed by atoms with Crippen molar-refractivity contribution in [2.45, 2.75) is 13.3 Å². The lowest BCUT2D eigenvalue weighted by atomic mass is 10.2. The molecule has 0 aliphatic carbocycles. The van der Waals surface area contributed by atoms with Gasteiger partial charge in [-0.1, -0.05) is 18.5 Å². The van der Waals surface area contributed by atoms with E-state index in [0.717, 1.165) is 0 Å². The molecule has 0 radical (unpaired) electrons. The maximum absolute atomic E-state index is 12.8. The molecule has 2 rings (SSSR count). The van der Waals surface area contributed by atoms with Crippen molar-refractivity contribution in [2.75, 3.05) is 0 Å². The van der Waals surface area contributed by atoms with Crippen molar-refractivity contribution in [1.29, 1.82) is 0 Å². The summed E-state index contributed by atoms with van der Waals surface area (Å²) in [5.41, 5.74) is 1.65. The third kappa shape index (κ3) is 2.08. The fourth-order valence-electron chi connectivity index (χ4n) is 1.58. The minimum atomic E-state index is -0.330. The number of hydrogen-bond acceptors (Lipinski definition) is 2. The minimum Gasteiger partial charge on any atom is -0.298 e. The van der Waals surface area contributed by atoms with E-state index in [2.05, 4.69) is 5.10 Å². The zero-order chi connectivity index (χ0) is 12.4. The zero-order valence-electron chi connectivity index (χ0n) is 9.15. The lowest BCUT2D eigenvalue weighted by Gasteiger charge is -2.02. The molecular weight excluding hydrogens is 243 g/mol. The first-order chi connectivity index (χ1) is 8.17. The first-order valence-corrected chi connectivity index (χ1v) is 5.53. The van der Waals surface area contributed by atoms with Gasteiger partial charge in [0.15, 0.2) is 6.29 Å². The second kappa shape index (κ2) is 4.67. The van der Waals surface area contributed by atoms with Gasteiger partial charge in [0, 0.05) is 0 Å². The summed E-state index contributed by atoms with van der Waals surface area (Å²) in [5.74, 6) is -0.330. The van der Waals surface area contributed by atoms with Gasteiger partial charge < -0.3 is 0 Å². The summed E-state index contributed by atoms with van der Waals surface area (Å²) < 4.78 is 14.2. The third-order valence-electron chi connectivity index (χ3n) is 2.46. The van der Waals surface area contributed by atoms with Crippen LogP contribution in [0.5, 0.6) is 0 Å². The molecule has 1 heterocycles. The topological polar surface area (TPSA) is 34.9 Å². The molecule has 0 aliphatic heterocycles. The van der Waals surface area contributed by atoms with E-state index in [1.807, 2.05) is 6.92 Å². The Bertz CT molecular complexity index is 548. The van der Waals surface area contributed by atoms with Gasteiger partial charge in [0.25, 0.3) is 0 Å². The highest BCUT2D eigenvalue weighted by atomic mass is 35.5. The molecule has 0 spiro atoms. The Balaban J connectivity index is 2.56. The Morgan fingerprint density at radius 1 is 1.41 bits per heavy atom. The van der Waals surface area contributed by atoms with Gasteiger partial charge in [0.2, 0.25) is 0 Å². The molecule has 3 nitrogen and oxygen atoms in total. The van der Waals surface area contributed by atoms with E-state index < -0.39 is 0 Å². The highest BCUT2D eigenvalue weighted by molar-refractivity contribution is 6.32. The van der Waals surface area contributed by atoms with Crippen molar-refractivity contribution in [3.63, 3.8) is 0 Å². The highest BCUT2D eigenvalue weighted by Crippen LogP contribution is 2.22. The number of nitrogens with zero attached hydrogens (tertiary/aromatic N) is 2. The van der Waals surface area contributed by atoms with E-state index in [1.165, 1.54) is 16.8 Å². The average Bonchev–Trinajstić information content (AvgIpc) is 2.66. The number of halogens is 2. The number of aldehydes is 1. The van der Waals surface area contributed by atoms with Gasteiger partial charge >= 0.3 is 0 Å². The molecule has 0 N–H and O–H groups in total. The summed E-state index contributed by atoms with van der Waals surface area (Å²) in [5, 5.41) is 4.48. The molecule has 0 bridgehead atoms. The van der Waals surface area contributed by atoms with Crippen LogP contribution in [0, 0.1) is 5.82 Å². The predicted molar refractivity (Wildman–Crippen MR) is 63.3 cm³/mol. The molecule has 17 heavy (non-hydrogen) atoms. The van der Waals surface area contributed by atoms with Gasteiger partial charge in [-0.05, 0) is 30.7 Å². The third-order valence-corrected chi connectivity index (χ3v) is 2.83. The summed E-state index contributed by atoms with van der Waals surface area (Å²) in [6, 6.07) is 5.75. The molecule has 0 atom stereocenters. The number of carbonyl (C=O) groups is 1. The SMILES string of the molecule is CCc1nn(-c2ccc(F)cc2)c(Cl)c1C=O. The average molecular weight is 253 g/mol. The van der Waals surface area contributed by atoms with Crippen LogP contribution >= 0.6 is 11.6 Å². The van der Waals surface area contributed by atoms with E-state index in [4.69, 9.17) is 11.6 Å². The van der Waals surface area contributed by atoms with Crippen LogP contribution in [-0.2, 0) is 6.42 Å². The van der Waals surface area contributed by atoms with Crippen LogP contribution in [0.3, 0.4) is 0 Å². The van der Waals surface area contributed by atoms with Crippen LogP contribution in [0.15, 0.2) is 24.3 Å². The molecule has 0 amide bonds. The maximum atomic E-state index is 12.8. The number of benzene rings is 1. The van der Waals surface area contributed by atoms with Crippen molar-refractivity contribution in [3.05, 3.63) is 46.5 Å². The second-order valence-corrected chi connectivity index (χ2v) is 3.87. The molecular formula is C12H10ClFN2O. The van der Waals surface area contributed by atoms with Crippen LogP contribution in [0.2, 0.25) is 5.15 Å². The number of aromatic nitrogens is 2. The molecule has 0 fully saturated rings. The van der Waals surface area contributed by atoms with Gasteiger partial charge in [-0.25, -0.2) is 9.07 Å². The number of aryl methyl sites for hydroxylation is 1. The normalized spacial score (nSPS) is 10.5. The fraction of sp³-hybridized carbons (Fsp3) is 0.167. The van der Waals surface area contributed by atoms with E-state index in [9.17, 15) is 9.18 Å². The van der Waals surface area contributed by atoms with E-state index in [0.29, 0.717) is 29.7 Å². The van der Waals surface area contributed by atoms with Crippen LogP contribution in [0.4, 0.5) is 4.39 Å². The number of rotatable bonds is 3. The van der Waals surface area contributed by atoms with Crippen LogP contribution < -0.4 is 0 Å². The van der Waals surface area contributed by atoms with Crippen LogP contribution in [-0.4, -0.2) is 16.1 Å². The predicted octanol–water partition coefficient (Wildman–Crippen LogP) is 3.04. The fourth-order valence-corrected chi connectivity index (χ4v) is 1.87. The molecule has 0 saturated heterocycles. The summed E-state index contributed by atoms with van der Waals surface area (Å²) >= 11 is 6.06. The van der Waals surface area contributed by atoms with Gasteiger partial charge in [0.1, 0.15) is 11.0 Å². The molecule has 2 aromatic rings. The Hall–Kier alpha value is -1.68. The molecule has 1 aromatic carbocycles. The summed E-state index contributed by atoms with van der Waals surface area (Å²) in [6.45, 7) is 1.89. The van der Waals surface area contributed by atoms with E-state index in [1.54, 1.807) is 12.1 Å². The first-order valence-electron chi connectivity index (χ1n) is 5.16. The molecule has 5 heteroatoms. The van der Waals surface area contributed by atoms with Gasteiger partial charge in [-0.15, -0.1) is 0 Å². The van der Waals surface area contributed by atoms with Crippen molar-refractivity contribution in [3.8, 4) is 5.69 Å². The number of hydrogen-bond donors (Lipinski definition) is 0. The summed E-state index contributed by atoms with van der Waals surface area (Å²) in [7, 11) is 0. The van der Waals surface area contributed by atoms with Crippen LogP contribution in [0.25, 0.3) is 5.69 Å². The van der Waals surface area contributed by atoms with Crippen molar-refractivity contribution < 1.29 is 9.18 Å². The monoisotopic (exact) mass is 252 g/mol. The Morgan fingerprint density at radius 2 is 2.06 bits per heavy atom. The lowest BCUT2D eigenvalue weighted by Crippen LogP contribution is -1.97.